The van der Waals surface area contributed by atoms with Gasteiger partial charge in [0.15, 0.2) is 0 Å². The fourth-order valence-electron chi connectivity index (χ4n) is 1.74. The fourth-order valence-corrected chi connectivity index (χ4v) is 2.18. The molecule has 0 saturated heterocycles. The first-order valence-corrected chi connectivity index (χ1v) is 6.36. The molecular formula is C13H15BrN4. The molecule has 0 spiro atoms. The number of rotatable bonds is 4. The lowest BCUT2D eigenvalue weighted by atomic mass is 10.2. The highest BCUT2D eigenvalue weighted by Gasteiger charge is 2.03. The molecule has 5 heteroatoms. The number of anilines is 2. The van der Waals surface area contributed by atoms with Crippen molar-refractivity contribution in [1.29, 1.82) is 0 Å². The van der Waals surface area contributed by atoms with Crippen LogP contribution in [-0.4, -0.2) is 12.0 Å². The summed E-state index contributed by atoms with van der Waals surface area (Å²) < 4.78 is 1.09. The normalized spacial score (nSPS) is 10.2. The molecule has 4 nitrogen and oxygen atoms in total. The molecule has 0 saturated carbocycles. The van der Waals surface area contributed by atoms with Gasteiger partial charge in [0.2, 0.25) is 0 Å². The predicted molar refractivity (Wildman–Crippen MR) is 78.3 cm³/mol. The van der Waals surface area contributed by atoms with Crippen LogP contribution in [0.4, 0.5) is 11.5 Å². The second kappa shape index (κ2) is 5.84. The van der Waals surface area contributed by atoms with Gasteiger partial charge in [0.1, 0.15) is 5.82 Å². The summed E-state index contributed by atoms with van der Waals surface area (Å²) in [4.78, 5) is 6.23. The van der Waals surface area contributed by atoms with Crippen molar-refractivity contribution in [2.45, 2.75) is 6.54 Å². The summed E-state index contributed by atoms with van der Waals surface area (Å²) >= 11 is 3.48. The molecule has 1 aromatic carbocycles. The Bertz CT molecular complexity index is 530. The minimum atomic E-state index is 0.661. The van der Waals surface area contributed by atoms with E-state index in [1.165, 1.54) is 5.56 Å². The number of nitrogens with zero attached hydrogens (tertiary/aromatic N) is 2. The smallest absolute Gasteiger partial charge is 0.141 e. The molecule has 1 aromatic heterocycles. The molecule has 18 heavy (non-hydrogen) atoms. The van der Waals surface area contributed by atoms with Gasteiger partial charge in [0, 0.05) is 36.0 Å². The molecule has 0 atom stereocenters. The van der Waals surface area contributed by atoms with Crippen molar-refractivity contribution in [3.05, 3.63) is 52.6 Å². The number of halogens is 1. The summed E-state index contributed by atoms with van der Waals surface area (Å²) in [5.74, 6) is 6.01. The fraction of sp³-hybridized carbons (Fsp3) is 0.154. The van der Waals surface area contributed by atoms with Crippen molar-refractivity contribution < 1.29 is 0 Å². The molecule has 0 fully saturated rings. The zero-order valence-corrected chi connectivity index (χ0v) is 11.7. The van der Waals surface area contributed by atoms with Gasteiger partial charge in [-0.1, -0.05) is 28.1 Å². The van der Waals surface area contributed by atoms with Gasteiger partial charge in [0.25, 0.3) is 0 Å². The van der Waals surface area contributed by atoms with E-state index in [9.17, 15) is 0 Å². The van der Waals surface area contributed by atoms with Gasteiger partial charge in [-0.25, -0.2) is 10.8 Å². The Hall–Kier alpha value is -1.59. The summed E-state index contributed by atoms with van der Waals surface area (Å²) in [5, 5.41) is 0. The SMILES string of the molecule is CN(Cc1cccc(Br)c1)c1ccnc(NN)c1. The van der Waals surface area contributed by atoms with Crippen LogP contribution in [0.25, 0.3) is 0 Å². The number of hydrogen-bond acceptors (Lipinski definition) is 4. The largest absolute Gasteiger partial charge is 0.370 e. The predicted octanol–water partition coefficient (Wildman–Crippen LogP) is 2.77. The highest BCUT2D eigenvalue weighted by Crippen LogP contribution is 2.19. The second-order valence-corrected chi connectivity index (χ2v) is 4.95. The third kappa shape index (κ3) is 3.21. The molecule has 1 heterocycles. The molecule has 0 amide bonds. The van der Waals surface area contributed by atoms with Crippen LogP contribution in [-0.2, 0) is 6.54 Å². The minimum Gasteiger partial charge on any atom is -0.370 e. The van der Waals surface area contributed by atoms with Gasteiger partial charge in [-0.2, -0.15) is 0 Å². The first-order chi connectivity index (χ1) is 8.69. The lowest BCUT2D eigenvalue weighted by Crippen LogP contribution is -2.17. The van der Waals surface area contributed by atoms with Gasteiger partial charge in [-0.3, -0.25) is 0 Å². The molecule has 3 N–H and O–H groups in total. The van der Waals surface area contributed by atoms with Crippen molar-refractivity contribution in [2.24, 2.45) is 5.84 Å². The molecule has 2 rings (SSSR count). The zero-order chi connectivity index (χ0) is 13.0. The lowest BCUT2D eigenvalue weighted by Gasteiger charge is -2.20. The maximum absolute atomic E-state index is 5.35. The van der Waals surface area contributed by atoms with E-state index >= 15 is 0 Å². The van der Waals surface area contributed by atoms with Gasteiger partial charge >= 0.3 is 0 Å². The Morgan fingerprint density at radius 1 is 1.33 bits per heavy atom. The number of nitrogens with one attached hydrogen (secondary N) is 1. The average molecular weight is 307 g/mol. The van der Waals surface area contributed by atoms with E-state index in [-0.39, 0.29) is 0 Å². The zero-order valence-electron chi connectivity index (χ0n) is 10.1. The van der Waals surface area contributed by atoms with Crippen molar-refractivity contribution in [3.63, 3.8) is 0 Å². The van der Waals surface area contributed by atoms with Crippen molar-refractivity contribution in [1.82, 2.24) is 4.98 Å². The van der Waals surface area contributed by atoms with Gasteiger partial charge in [-0.15, -0.1) is 0 Å². The van der Waals surface area contributed by atoms with Gasteiger partial charge in [0.05, 0.1) is 0 Å². The number of hydrogen-bond donors (Lipinski definition) is 2. The molecule has 0 unspecified atom stereocenters. The van der Waals surface area contributed by atoms with E-state index < -0.39 is 0 Å². The molecule has 0 aliphatic carbocycles. The van der Waals surface area contributed by atoms with Gasteiger partial charge < -0.3 is 10.3 Å². The van der Waals surface area contributed by atoms with Crippen molar-refractivity contribution in [2.75, 3.05) is 17.4 Å². The summed E-state index contributed by atoms with van der Waals surface area (Å²) in [7, 11) is 2.04. The van der Waals surface area contributed by atoms with Crippen LogP contribution in [0.3, 0.4) is 0 Å². The Balaban J connectivity index is 2.13. The number of benzene rings is 1. The molecule has 0 radical (unpaired) electrons. The van der Waals surface area contributed by atoms with Gasteiger partial charge in [-0.05, 0) is 23.8 Å². The van der Waals surface area contributed by atoms with E-state index in [2.05, 4.69) is 43.4 Å². The highest BCUT2D eigenvalue weighted by molar-refractivity contribution is 9.10. The minimum absolute atomic E-state index is 0.661. The lowest BCUT2D eigenvalue weighted by molar-refractivity contribution is 0.920. The first-order valence-electron chi connectivity index (χ1n) is 5.57. The third-order valence-corrected chi connectivity index (χ3v) is 3.13. The Morgan fingerprint density at radius 3 is 2.89 bits per heavy atom. The van der Waals surface area contributed by atoms with Crippen LogP contribution in [0.1, 0.15) is 5.56 Å². The van der Waals surface area contributed by atoms with Crippen molar-refractivity contribution >= 4 is 27.4 Å². The maximum Gasteiger partial charge on any atom is 0.141 e. The summed E-state index contributed by atoms with van der Waals surface area (Å²) in [5.41, 5.74) is 4.86. The summed E-state index contributed by atoms with van der Waals surface area (Å²) in [6.45, 7) is 0.827. The third-order valence-electron chi connectivity index (χ3n) is 2.64. The molecule has 2 aromatic rings. The molecular weight excluding hydrogens is 292 g/mol. The molecule has 94 valence electrons. The number of aromatic nitrogens is 1. The second-order valence-electron chi connectivity index (χ2n) is 4.03. The Labute approximate surface area is 115 Å². The van der Waals surface area contributed by atoms with E-state index in [1.54, 1.807) is 6.20 Å². The number of pyridine rings is 1. The number of nitrogens with two attached hydrogens (primary N) is 1. The Morgan fingerprint density at radius 2 is 2.17 bits per heavy atom. The van der Waals surface area contributed by atoms with E-state index in [4.69, 9.17) is 5.84 Å². The quantitative estimate of drug-likeness (QED) is 0.674. The van der Waals surface area contributed by atoms with E-state index in [0.29, 0.717) is 5.82 Å². The molecule has 0 aliphatic rings. The van der Waals surface area contributed by atoms with Crippen LogP contribution in [0.2, 0.25) is 0 Å². The molecule has 0 bridgehead atoms. The van der Waals surface area contributed by atoms with E-state index in [1.807, 2.05) is 31.3 Å². The van der Waals surface area contributed by atoms with Crippen LogP contribution in [0, 0.1) is 0 Å². The summed E-state index contributed by atoms with van der Waals surface area (Å²) in [6.07, 6.45) is 1.74. The monoisotopic (exact) mass is 306 g/mol. The topological polar surface area (TPSA) is 54.2 Å². The number of nitrogen functional groups attached to an aromatic ring is 1. The van der Waals surface area contributed by atoms with Crippen LogP contribution in [0.15, 0.2) is 47.1 Å². The maximum atomic E-state index is 5.35. The first kappa shape index (κ1) is 12.9. The molecule has 0 aliphatic heterocycles. The van der Waals surface area contributed by atoms with E-state index in [0.717, 1.165) is 16.7 Å². The van der Waals surface area contributed by atoms with Crippen molar-refractivity contribution in [3.8, 4) is 0 Å². The van der Waals surface area contributed by atoms with Crippen LogP contribution in [0.5, 0.6) is 0 Å². The standard InChI is InChI=1S/C13H15BrN4/c1-18(9-10-3-2-4-11(14)7-10)12-5-6-16-13(8-12)17-15/h2-8H,9,15H2,1H3,(H,16,17). The number of hydrazine groups is 1. The van der Waals surface area contributed by atoms with Crippen LogP contribution < -0.4 is 16.2 Å². The Kier molecular flexibility index (Phi) is 4.17. The van der Waals surface area contributed by atoms with Crippen LogP contribution >= 0.6 is 15.9 Å². The average Bonchev–Trinajstić information content (AvgIpc) is 2.39. The summed E-state index contributed by atoms with van der Waals surface area (Å²) in [6, 6.07) is 12.1. The highest BCUT2D eigenvalue weighted by atomic mass is 79.9.